The van der Waals surface area contributed by atoms with Crippen LogP contribution >= 0.6 is 18.7 Å². The summed E-state index contributed by atoms with van der Waals surface area (Å²) in [5, 5.41) is 6.51. The molecule has 3 aromatic rings. The summed E-state index contributed by atoms with van der Waals surface area (Å²) in [6.07, 6.45) is 2.67. The number of aromatic nitrogens is 2. The number of carbonyl (C=O) groups excluding carboxylic acids is 1. The Morgan fingerprint density at radius 3 is 2.67 bits per heavy atom. The summed E-state index contributed by atoms with van der Waals surface area (Å²) in [7, 11) is -1.14. The molecule has 7 nitrogen and oxygen atoms in total. The van der Waals surface area contributed by atoms with Crippen molar-refractivity contribution in [3.63, 3.8) is 0 Å². The van der Waals surface area contributed by atoms with E-state index in [9.17, 15) is 13.8 Å². The minimum atomic E-state index is -2.55. The number of nitrogens with one attached hydrogen (secondary N) is 2. The van der Waals surface area contributed by atoms with Crippen LogP contribution in [0.4, 0.5) is 21.6 Å². The lowest BCUT2D eigenvalue weighted by molar-refractivity contribution is -0.111. The maximum absolute atomic E-state index is 14.3. The maximum atomic E-state index is 14.3. The number of halogens is 2. The number of hydrogen-bond acceptors (Lipinski definition) is 6. The fourth-order valence-electron chi connectivity index (χ4n) is 3.13. The standard InChI is InChI=1S/C23H23ClFN4O3P/c1-5-22(30)27-18-10-14(19(32-2)12-16(18)25)11-21-26-13-15(24)23(29-21)28-17-8-6-7-9-20(17)33(3,4)31/h5-10,12-13H,1,11H2,2-4H3,(H,27,30)(H,26,28,29). The minimum absolute atomic E-state index is 0.0152. The van der Waals surface area contributed by atoms with E-state index >= 15 is 0 Å². The number of anilines is 3. The normalized spacial score (nSPS) is 11.1. The average Bonchev–Trinajstić information content (AvgIpc) is 2.77. The van der Waals surface area contributed by atoms with Gasteiger partial charge in [-0.25, -0.2) is 14.4 Å². The van der Waals surface area contributed by atoms with E-state index < -0.39 is 18.9 Å². The van der Waals surface area contributed by atoms with E-state index in [1.54, 1.807) is 25.5 Å². The van der Waals surface area contributed by atoms with Crippen molar-refractivity contribution in [2.75, 3.05) is 31.1 Å². The first-order valence-corrected chi connectivity index (χ1v) is 12.8. The third kappa shape index (κ3) is 5.97. The van der Waals surface area contributed by atoms with Crippen molar-refractivity contribution in [3.8, 4) is 5.75 Å². The lowest BCUT2D eigenvalue weighted by Gasteiger charge is -2.16. The first kappa shape index (κ1) is 24.4. The number of para-hydroxylation sites is 1. The molecule has 33 heavy (non-hydrogen) atoms. The van der Waals surface area contributed by atoms with Crippen molar-refractivity contribution in [1.29, 1.82) is 0 Å². The van der Waals surface area contributed by atoms with Crippen molar-refractivity contribution in [3.05, 3.63) is 77.5 Å². The molecule has 0 unspecified atom stereocenters. The third-order valence-electron chi connectivity index (χ3n) is 4.69. The predicted molar refractivity (Wildman–Crippen MR) is 130 cm³/mol. The van der Waals surface area contributed by atoms with E-state index in [2.05, 4.69) is 27.2 Å². The Morgan fingerprint density at radius 1 is 1.27 bits per heavy atom. The zero-order valence-corrected chi connectivity index (χ0v) is 20.0. The van der Waals surface area contributed by atoms with Gasteiger partial charge in [0.2, 0.25) is 5.91 Å². The molecule has 1 amide bonds. The summed E-state index contributed by atoms with van der Waals surface area (Å²) in [6, 6.07) is 9.86. The second kappa shape index (κ2) is 10.1. The highest BCUT2D eigenvalue weighted by Crippen LogP contribution is 2.38. The number of methoxy groups -OCH3 is 1. The van der Waals surface area contributed by atoms with Gasteiger partial charge in [0.05, 0.1) is 24.7 Å². The van der Waals surface area contributed by atoms with E-state index in [1.807, 2.05) is 12.1 Å². The highest BCUT2D eigenvalue weighted by atomic mass is 35.5. The average molecular weight is 489 g/mol. The number of ether oxygens (including phenoxy) is 1. The number of benzene rings is 2. The molecule has 10 heteroatoms. The lowest BCUT2D eigenvalue weighted by Crippen LogP contribution is -2.11. The number of carbonyl (C=O) groups is 1. The number of rotatable bonds is 8. The van der Waals surface area contributed by atoms with Crippen LogP contribution in [0.1, 0.15) is 11.4 Å². The molecular weight excluding hydrogens is 466 g/mol. The SMILES string of the molecule is C=CC(=O)Nc1cc(Cc2ncc(Cl)c(Nc3ccccc3P(C)(C)=O)n2)c(OC)cc1F. The highest BCUT2D eigenvalue weighted by Gasteiger charge is 2.18. The van der Waals surface area contributed by atoms with Crippen LogP contribution < -0.4 is 20.7 Å². The predicted octanol–water partition coefficient (Wildman–Crippen LogP) is 4.98. The topological polar surface area (TPSA) is 93.2 Å². The number of hydrogen-bond donors (Lipinski definition) is 2. The van der Waals surface area contributed by atoms with Crippen LogP contribution in [-0.4, -0.2) is 36.3 Å². The second-order valence-electron chi connectivity index (χ2n) is 7.49. The van der Waals surface area contributed by atoms with Gasteiger partial charge < -0.3 is 19.9 Å². The Kier molecular flexibility index (Phi) is 7.51. The van der Waals surface area contributed by atoms with Gasteiger partial charge in [-0.3, -0.25) is 4.79 Å². The van der Waals surface area contributed by atoms with Gasteiger partial charge in [0, 0.05) is 23.4 Å². The van der Waals surface area contributed by atoms with E-state index in [4.69, 9.17) is 16.3 Å². The Balaban J connectivity index is 1.95. The smallest absolute Gasteiger partial charge is 0.247 e. The summed E-state index contributed by atoms with van der Waals surface area (Å²) in [5.41, 5.74) is 1.17. The van der Waals surface area contributed by atoms with Gasteiger partial charge in [0.25, 0.3) is 0 Å². The Labute approximate surface area is 196 Å². The molecule has 0 fully saturated rings. The van der Waals surface area contributed by atoms with Crippen molar-refractivity contribution >= 4 is 47.1 Å². The molecule has 0 saturated carbocycles. The largest absolute Gasteiger partial charge is 0.496 e. The van der Waals surface area contributed by atoms with Crippen molar-refractivity contribution in [1.82, 2.24) is 9.97 Å². The lowest BCUT2D eigenvalue weighted by atomic mass is 10.1. The molecule has 0 spiro atoms. The van der Waals surface area contributed by atoms with Crippen LogP contribution in [-0.2, 0) is 15.8 Å². The molecule has 2 N–H and O–H groups in total. The second-order valence-corrected chi connectivity index (χ2v) is 11.1. The van der Waals surface area contributed by atoms with E-state index in [0.717, 1.165) is 6.08 Å². The van der Waals surface area contributed by atoms with Crippen LogP contribution in [0.3, 0.4) is 0 Å². The van der Waals surface area contributed by atoms with Gasteiger partial charge in [0.1, 0.15) is 29.6 Å². The van der Waals surface area contributed by atoms with Crippen LogP contribution in [0.2, 0.25) is 5.02 Å². The molecule has 0 bridgehead atoms. The molecule has 0 atom stereocenters. The third-order valence-corrected chi connectivity index (χ3v) is 6.52. The zero-order chi connectivity index (χ0) is 24.2. The summed E-state index contributed by atoms with van der Waals surface area (Å²) >= 11 is 6.31. The molecule has 172 valence electrons. The summed E-state index contributed by atoms with van der Waals surface area (Å²) in [4.78, 5) is 20.4. The fraction of sp³-hybridized carbons (Fsp3) is 0.174. The van der Waals surface area contributed by atoms with Crippen LogP contribution in [0.25, 0.3) is 0 Å². The Morgan fingerprint density at radius 2 is 2.00 bits per heavy atom. The first-order valence-electron chi connectivity index (χ1n) is 9.85. The summed E-state index contributed by atoms with van der Waals surface area (Å²) in [6.45, 7) is 6.74. The first-order chi connectivity index (χ1) is 15.6. The molecular formula is C23H23ClFN4O3P. The van der Waals surface area contributed by atoms with E-state index in [1.165, 1.54) is 25.4 Å². The zero-order valence-electron chi connectivity index (χ0n) is 18.4. The summed E-state index contributed by atoms with van der Waals surface area (Å²) in [5.74, 6) is -0.196. The Hall–Kier alpha value is -3.22. The fourth-order valence-corrected chi connectivity index (χ4v) is 4.42. The van der Waals surface area contributed by atoms with Crippen LogP contribution in [0.5, 0.6) is 5.75 Å². The quantitative estimate of drug-likeness (QED) is 0.343. The van der Waals surface area contributed by atoms with Crippen molar-refractivity contribution < 1.29 is 18.5 Å². The van der Waals surface area contributed by atoms with Crippen LogP contribution in [0.15, 0.2) is 55.3 Å². The van der Waals surface area contributed by atoms with Gasteiger partial charge in [-0.1, -0.05) is 30.3 Å². The molecule has 2 aromatic carbocycles. The Bertz CT molecular complexity index is 1260. The highest BCUT2D eigenvalue weighted by molar-refractivity contribution is 7.70. The monoisotopic (exact) mass is 488 g/mol. The molecule has 1 aromatic heterocycles. The number of nitrogens with zero attached hydrogens (tertiary/aromatic N) is 2. The maximum Gasteiger partial charge on any atom is 0.247 e. The van der Waals surface area contributed by atoms with Gasteiger partial charge >= 0.3 is 0 Å². The van der Waals surface area contributed by atoms with Gasteiger partial charge in [-0.05, 0) is 37.6 Å². The molecule has 0 radical (unpaired) electrons. The number of amides is 1. The molecule has 0 aliphatic heterocycles. The summed E-state index contributed by atoms with van der Waals surface area (Å²) < 4.78 is 32.3. The van der Waals surface area contributed by atoms with Crippen LogP contribution in [0, 0.1) is 5.82 Å². The molecule has 0 aliphatic carbocycles. The molecule has 0 saturated heterocycles. The minimum Gasteiger partial charge on any atom is -0.496 e. The van der Waals surface area contributed by atoms with Crippen molar-refractivity contribution in [2.24, 2.45) is 0 Å². The van der Waals surface area contributed by atoms with Gasteiger partial charge in [-0.15, -0.1) is 0 Å². The van der Waals surface area contributed by atoms with Crippen molar-refractivity contribution in [2.45, 2.75) is 6.42 Å². The molecule has 1 heterocycles. The van der Waals surface area contributed by atoms with E-state index in [-0.39, 0.29) is 22.9 Å². The molecule has 3 rings (SSSR count). The van der Waals surface area contributed by atoms with E-state index in [0.29, 0.717) is 28.2 Å². The van der Waals surface area contributed by atoms with Gasteiger partial charge in [-0.2, -0.15) is 0 Å². The van der Waals surface area contributed by atoms with Gasteiger partial charge in [0.15, 0.2) is 5.82 Å². The molecule has 0 aliphatic rings.